The molecule has 0 amide bonds. The second-order valence-corrected chi connectivity index (χ2v) is 12.7. The van der Waals surface area contributed by atoms with Crippen LogP contribution in [0.5, 0.6) is 11.5 Å². The second-order valence-electron chi connectivity index (χ2n) is 9.67. The van der Waals surface area contributed by atoms with Gasteiger partial charge in [0.25, 0.3) is 5.56 Å². The summed E-state index contributed by atoms with van der Waals surface area (Å²) in [4.78, 5) is 33.4. The SMILES string of the molecule is CCOC(=O)C1=C(C)N=c2s/c(=C\c3cc(I)c(OCc4ccccc4C#N)c(OC)c3)c(=O)n2[C@@H]1c1ccc(SC)cc1. The lowest BCUT2D eigenvalue weighted by atomic mass is 9.96. The van der Waals surface area contributed by atoms with Crippen LogP contribution in [0, 0.1) is 14.9 Å². The number of hydrogen-bond acceptors (Lipinski definition) is 9. The maximum Gasteiger partial charge on any atom is 0.338 e. The molecule has 0 N–H and O–H groups in total. The van der Waals surface area contributed by atoms with E-state index < -0.39 is 12.0 Å². The van der Waals surface area contributed by atoms with E-state index in [1.165, 1.54) is 11.3 Å². The zero-order valence-electron chi connectivity index (χ0n) is 24.4. The van der Waals surface area contributed by atoms with Gasteiger partial charge in [-0.05, 0) is 90.2 Å². The van der Waals surface area contributed by atoms with Crippen molar-refractivity contribution < 1.29 is 19.0 Å². The van der Waals surface area contributed by atoms with Crippen molar-refractivity contribution in [3.63, 3.8) is 0 Å². The number of esters is 1. The van der Waals surface area contributed by atoms with E-state index in [0.29, 0.717) is 37.7 Å². The minimum absolute atomic E-state index is 0.202. The van der Waals surface area contributed by atoms with E-state index in [9.17, 15) is 14.9 Å². The first kappa shape index (κ1) is 31.6. The first-order valence-corrected chi connectivity index (χ1v) is 16.7. The normalized spacial score (nSPS) is 14.5. The van der Waals surface area contributed by atoms with Crippen LogP contribution in [-0.4, -0.2) is 30.5 Å². The fourth-order valence-corrected chi connectivity index (χ4v) is 7.15. The molecular formula is C33H28IN3O5S2. The molecule has 8 nitrogen and oxygen atoms in total. The van der Waals surface area contributed by atoms with Gasteiger partial charge in [-0.25, -0.2) is 9.79 Å². The molecule has 0 saturated carbocycles. The highest BCUT2D eigenvalue weighted by atomic mass is 127. The van der Waals surface area contributed by atoms with Crippen LogP contribution < -0.4 is 24.4 Å². The smallest absolute Gasteiger partial charge is 0.338 e. The average Bonchev–Trinajstić information content (AvgIpc) is 3.33. The zero-order valence-corrected chi connectivity index (χ0v) is 28.2. The highest BCUT2D eigenvalue weighted by Gasteiger charge is 2.33. The number of nitrogens with zero attached hydrogens (tertiary/aromatic N) is 3. The van der Waals surface area contributed by atoms with Crippen molar-refractivity contribution in [2.75, 3.05) is 20.0 Å². The fraction of sp³-hybridized carbons (Fsp3) is 0.212. The highest BCUT2D eigenvalue weighted by Crippen LogP contribution is 2.35. The number of rotatable bonds is 9. The van der Waals surface area contributed by atoms with Gasteiger partial charge in [0.1, 0.15) is 6.61 Å². The van der Waals surface area contributed by atoms with Gasteiger partial charge in [0.15, 0.2) is 16.3 Å². The molecular weight excluding hydrogens is 709 g/mol. The molecule has 0 spiro atoms. The van der Waals surface area contributed by atoms with E-state index in [2.05, 4.69) is 33.7 Å². The molecule has 0 radical (unpaired) electrons. The summed E-state index contributed by atoms with van der Waals surface area (Å²) >= 11 is 5.05. The Morgan fingerprint density at radius 2 is 1.95 bits per heavy atom. The van der Waals surface area contributed by atoms with Gasteiger partial charge in [-0.1, -0.05) is 41.7 Å². The Balaban J connectivity index is 1.57. The summed E-state index contributed by atoms with van der Waals surface area (Å²) in [6.07, 6.45) is 3.79. The monoisotopic (exact) mass is 737 g/mol. The van der Waals surface area contributed by atoms with Crippen molar-refractivity contribution in [3.8, 4) is 17.6 Å². The Kier molecular flexibility index (Phi) is 9.93. The number of methoxy groups -OCH3 is 1. The van der Waals surface area contributed by atoms with Crippen molar-refractivity contribution in [2.45, 2.75) is 31.4 Å². The lowest BCUT2D eigenvalue weighted by Crippen LogP contribution is -2.39. The van der Waals surface area contributed by atoms with Crippen LogP contribution in [0.1, 0.15) is 42.1 Å². The lowest BCUT2D eigenvalue weighted by Gasteiger charge is -2.24. The number of aromatic nitrogens is 1. The molecule has 44 heavy (non-hydrogen) atoms. The van der Waals surface area contributed by atoms with Gasteiger partial charge >= 0.3 is 5.97 Å². The predicted molar refractivity (Wildman–Crippen MR) is 180 cm³/mol. The molecule has 224 valence electrons. The minimum atomic E-state index is -0.676. The van der Waals surface area contributed by atoms with Gasteiger partial charge in [0, 0.05) is 10.5 Å². The Labute approximate surface area is 276 Å². The quantitative estimate of drug-likeness (QED) is 0.126. The Hall–Kier alpha value is -3.86. The molecule has 0 fully saturated rings. The molecule has 5 rings (SSSR count). The molecule has 3 aromatic carbocycles. The highest BCUT2D eigenvalue weighted by molar-refractivity contribution is 14.1. The third kappa shape index (κ3) is 6.33. The molecule has 0 saturated heterocycles. The molecule has 0 unspecified atom stereocenters. The van der Waals surface area contributed by atoms with Crippen molar-refractivity contribution >= 4 is 57.7 Å². The van der Waals surface area contributed by atoms with Crippen molar-refractivity contribution in [1.29, 1.82) is 5.26 Å². The maximum absolute atomic E-state index is 14.0. The molecule has 1 aliphatic heterocycles. The van der Waals surface area contributed by atoms with Crippen LogP contribution in [0.4, 0.5) is 0 Å². The van der Waals surface area contributed by atoms with Crippen LogP contribution >= 0.6 is 45.7 Å². The molecule has 1 aromatic heterocycles. The van der Waals surface area contributed by atoms with Gasteiger partial charge in [-0.15, -0.1) is 11.8 Å². The van der Waals surface area contributed by atoms with Gasteiger partial charge in [0.05, 0.1) is 50.8 Å². The van der Waals surface area contributed by atoms with E-state index in [1.807, 2.05) is 54.8 Å². The van der Waals surface area contributed by atoms with Crippen molar-refractivity contribution in [1.82, 2.24) is 4.57 Å². The summed E-state index contributed by atoms with van der Waals surface area (Å²) < 4.78 is 20.0. The lowest BCUT2D eigenvalue weighted by molar-refractivity contribution is -0.139. The average molecular weight is 738 g/mol. The number of carbonyl (C=O) groups is 1. The van der Waals surface area contributed by atoms with Gasteiger partial charge in [0.2, 0.25) is 0 Å². The van der Waals surface area contributed by atoms with Crippen LogP contribution in [0.15, 0.2) is 86.6 Å². The number of fused-ring (bicyclic) bond motifs is 1. The summed E-state index contributed by atoms with van der Waals surface area (Å²) in [5.74, 6) is 0.551. The van der Waals surface area contributed by atoms with Gasteiger partial charge in [-0.2, -0.15) is 5.26 Å². The molecule has 1 aliphatic rings. The first-order valence-electron chi connectivity index (χ1n) is 13.6. The van der Waals surface area contributed by atoms with Crippen molar-refractivity contribution in [2.24, 2.45) is 4.99 Å². The summed E-state index contributed by atoms with van der Waals surface area (Å²) in [5, 5.41) is 9.42. The van der Waals surface area contributed by atoms with Crippen LogP contribution in [0.25, 0.3) is 6.08 Å². The third-order valence-electron chi connectivity index (χ3n) is 7.01. The minimum Gasteiger partial charge on any atom is -0.493 e. The number of benzene rings is 3. The third-order valence-corrected chi connectivity index (χ3v) is 9.54. The molecule has 0 aliphatic carbocycles. The number of nitriles is 1. The van der Waals surface area contributed by atoms with Crippen LogP contribution in [0.3, 0.4) is 0 Å². The largest absolute Gasteiger partial charge is 0.493 e. The number of ether oxygens (including phenoxy) is 3. The molecule has 11 heteroatoms. The van der Waals surface area contributed by atoms with E-state index >= 15 is 0 Å². The van der Waals surface area contributed by atoms with E-state index in [4.69, 9.17) is 14.2 Å². The van der Waals surface area contributed by atoms with Gasteiger partial charge < -0.3 is 14.2 Å². The number of hydrogen-bond donors (Lipinski definition) is 0. The van der Waals surface area contributed by atoms with E-state index in [0.717, 1.165) is 25.2 Å². The van der Waals surface area contributed by atoms with E-state index in [-0.39, 0.29) is 18.8 Å². The topological polar surface area (TPSA) is 103 Å². The predicted octanol–water partition coefficient (Wildman–Crippen LogP) is 5.58. The van der Waals surface area contributed by atoms with E-state index in [1.54, 1.807) is 55.5 Å². The summed E-state index contributed by atoms with van der Waals surface area (Å²) in [7, 11) is 1.56. The molecule has 2 heterocycles. The van der Waals surface area contributed by atoms with Crippen molar-refractivity contribution in [3.05, 3.63) is 117 Å². The Bertz CT molecular complexity index is 1990. The van der Waals surface area contributed by atoms with Crippen LogP contribution in [-0.2, 0) is 16.1 Å². The Morgan fingerprint density at radius 3 is 2.64 bits per heavy atom. The zero-order chi connectivity index (χ0) is 31.4. The fourth-order valence-electron chi connectivity index (χ4n) is 4.91. The summed E-state index contributed by atoms with van der Waals surface area (Å²) in [5.41, 5.74) is 3.46. The van der Waals surface area contributed by atoms with Gasteiger partial charge in [-0.3, -0.25) is 9.36 Å². The second kappa shape index (κ2) is 13.8. The Morgan fingerprint density at radius 1 is 1.20 bits per heavy atom. The molecule has 1 atom stereocenters. The number of carbonyl (C=O) groups excluding carboxylic acids is 1. The number of allylic oxidation sites excluding steroid dienone is 1. The molecule has 4 aromatic rings. The first-order chi connectivity index (χ1) is 21.3. The maximum atomic E-state index is 14.0. The number of halogens is 1. The summed E-state index contributed by atoms with van der Waals surface area (Å²) in [6.45, 7) is 3.94. The standard InChI is InChI=1S/C33H28IN3O5S2/c1-5-41-32(39)28-19(2)36-33-37(29(28)21-10-12-24(43-4)13-11-21)31(38)27(44-33)16-20-14-25(34)30(26(15-20)40-3)42-18-23-9-7-6-8-22(23)17-35/h6-16,29H,5,18H2,1-4H3/b27-16-/t29-/m1/s1. The molecule has 0 bridgehead atoms. The number of thiazole rings is 1. The van der Waals surface area contributed by atoms with Crippen LogP contribution in [0.2, 0.25) is 0 Å². The number of thioether (sulfide) groups is 1. The summed E-state index contributed by atoms with van der Waals surface area (Å²) in [6, 6.07) is 20.3.